The standard InChI is InChI=1S/C20H21N3O2S2/c1-22-19(25)17-15(14-8-4-2-5-9-14)12-26-18(17)21-20(22)27-13-16(24)23-10-6-3-7-11-23/h2,4-5,8-9,12H,3,6-7,10-11,13H2,1H3. The lowest BCUT2D eigenvalue weighted by Gasteiger charge is -2.26. The zero-order valence-corrected chi connectivity index (χ0v) is 16.8. The number of thioether (sulfide) groups is 1. The van der Waals surface area contributed by atoms with Crippen molar-refractivity contribution in [3.8, 4) is 11.1 Å². The fourth-order valence-electron chi connectivity index (χ4n) is 3.37. The Balaban J connectivity index is 1.61. The molecule has 4 rings (SSSR count). The van der Waals surface area contributed by atoms with E-state index in [2.05, 4.69) is 4.98 Å². The number of carbonyl (C=O) groups is 1. The summed E-state index contributed by atoms with van der Waals surface area (Å²) in [4.78, 5) is 32.7. The lowest BCUT2D eigenvalue weighted by Crippen LogP contribution is -2.36. The van der Waals surface area contributed by atoms with E-state index in [-0.39, 0.29) is 11.5 Å². The first-order chi connectivity index (χ1) is 13.1. The fraction of sp³-hybridized carbons (Fsp3) is 0.350. The van der Waals surface area contributed by atoms with Gasteiger partial charge in [0.25, 0.3) is 5.56 Å². The summed E-state index contributed by atoms with van der Waals surface area (Å²) < 4.78 is 1.57. The lowest BCUT2D eigenvalue weighted by molar-refractivity contribution is -0.129. The van der Waals surface area contributed by atoms with Gasteiger partial charge in [-0.15, -0.1) is 11.3 Å². The van der Waals surface area contributed by atoms with Crippen LogP contribution < -0.4 is 5.56 Å². The van der Waals surface area contributed by atoms with Crippen LogP contribution in [0.4, 0.5) is 0 Å². The van der Waals surface area contributed by atoms with Crippen LogP contribution >= 0.6 is 23.1 Å². The van der Waals surface area contributed by atoms with Crippen LogP contribution in [0.15, 0.2) is 45.7 Å². The van der Waals surface area contributed by atoms with Crippen molar-refractivity contribution in [2.45, 2.75) is 24.4 Å². The number of benzene rings is 1. The van der Waals surface area contributed by atoms with Crippen LogP contribution in [0.5, 0.6) is 0 Å². The number of piperidine rings is 1. The van der Waals surface area contributed by atoms with E-state index in [1.54, 1.807) is 11.6 Å². The minimum Gasteiger partial charge on any atom is -0.342 e. The zero-order valence-electron chi connectivity index (χ0n) is 15.2. The first kappa shape index (κ1) is 18.3. The smallest absolute Gasteiger partial charge is 0.263 e. The van der Waals surface area contributed by atoms with Gasteiger partial charge in [-0.05, 0) is 24.8 Å². The molecular formula is C20H21N3O2S2. The number of hydrogen-bond donors (Lipinski definition) is 0. The Bertz CT molecular complexity index is 1020. The van der Waals surface area contributed by atoms with Gasteiger partial charge < -0.3 is 4.90 Å². The van der Waals surface area contributed by atoms with Gasteiger partial charge in [-0.1, -0.05) is 42.1 Å². The first-order valence-corrected chi connectivity index (χ1v) is 11.0. The molecule has 1 fully saturated rings. The molecule has 0 aliphatic carbocycles. The van der Waals surface area contributed by atoms with Crippen LogP contribution in [0, 0.1) is 0 Å². The maximum absolute atomic E-state index is 13.0. The number of likely N-dealkylation sites (tertiary alicyclic amines) is 1. The molecule has 1 saturated heterocycles. The van der Waals surface area contributed by atoms with Gasteiger partial charge in [-0.3, -0.25) is 14.2 Å². The number of nitrogens with zero attached hydrogens (tertiary/aromatic N) is 3. The van der Waals surface area contributed by atoms with Crippen LogP contribution in [0.1, 0.15) is 19.3 Å². The third-order valence-electron chi connectivity index (χ3n) is 4.89. The second kappa shape index (κ2) is 7.86. The molecule has 3 heterocycles. The maximum atomic E-state index is 13.0. The number of carbonyl (C=O) groups excluding carboxylic acids is 1. The monoisotopic (exact) mass is 399 g/mol. The van der Waals surface area contributed by atoms with Crippen molar-refractivity contribution >= 4 is 39.2 Å². The number of fused-ring (bicyclic) bond motifs is 1. The van der Waals surface area contributed by atoms with Crippen LogP contribution in [-0.4, -0.2) is 39.2 Å². The highest BCUT2D eigenvalue weighted by Crippen LogP contribution is 2.31. The molecule has 1 aliphatic heterocycles. The molecule has 5 nitrogen and oxygen atoms in total. The van der Waals surface area contributed by atoms with E-state index in [1.807, 2.05) is 40.6 Å². The molecule has 0 N–H and O–H groups in total. The van der Waals surface area contributed by atoms with E-state index in [0.29, 0.717) is 16.3 Å². The van der Waals surface area contributed by atoms with Crippen molar-refractivity contribution < 1.29 is 4.79 Å². The molecule has 0 spiro atoms. The van der Waals surface area contributed by atoms with Crippen LogP contribution in [0.3, 0.4) is 0 Å². The molecule has 0 radical (unpaired) electrons. The van der Waals surface area contributed by atoms with E-state index in [0.717, 1.165) is 41.9 Å². The van der Waals surface area contributed by atoms with Gasteiger partial charge in [0.15, 0.2) is 5.16 Å². The summed E-state index contributed by atoms with van der Waals surface area (Å²) in [5.41, 5.74) is 1.88. The summed E-state index contributed by atoms with van der Waals surface area (Å²) in [5.74, 6) is 0.452. The number of thiophene rings is 1. The maximum Gasteiger partial charge on any atom is 0.263 e. The number of hydrogen-bond acceptors (Lipinski definition) is 5. The van der Waals surface area contributed by atoms with Gasteiger partial charge in [0.2, 0.25) is 5.91 Å². The van der Waals surface area contributed by atoms with Crippen LogP contribution in [-0.2, 0) is 11.8 Å². The number of amides is 1. The molecule has 7 heteroatoms. The highest BCUT2D eigenvalue weighted by atomic mass is 32.2. The van der Waals surface area contributed by atoms with E-state index < -0.39 is 0 Å². The van der Waals surface area contributed by atoms with E-state index in [4.69, 9.17) is 0 Å². The average Bonchev–Trinajstić information content (AvgIpc) is 3.14. The number of rotatable bonds is 4. The minimum atomic E-state index is -0.0620. The van der Waals surface area contributed by atoms with Crippen molar-refractivity contribution in [2.75, 3.05) is 18.8 Å². The zero-order chi connectivity index (χ0) is 18.8. The van der Waals surface area contributed by atoms with E-state index >= 15 is 0 Å². The Morgan fingerprint density at radius 2 is 1.93 bits per heavy atom. The summed E-state index contributed by atoms with van der Waals surface area (Å²) in [6, 6.07) is 9.89. The minimum absolute atomic E-state index is 0.0620. The Labute approximate surface area is 166 Å². The summed E-state index contributed by atoms with van der Waals surface area (Å²) in [6.07, 6.45) is 3.36. The van der Waals surface area contributed by atoms with E-state index in [1.165, 1.54) is 29.5 Å². The molecule has 1 aliphatic rings. The third-order valence-corrected chi connectivity index (χ3v) is 6.78. The summed E-state index contributed by atoms with van der Waals surface area (Å²) >= 11 is 2.83. The average molecular weight is 400 g/mol. The SMILES string of the molecule is Cn1c(SCC(=O)N2CCCCC2)nc2scc(-c3ccccc3)c2c1=O. The molecular weight excluding hydrogens is 378 g/mol. The molecule has 27 heavy (non-hydrogen) atoms. The van der Waals surface area contributed by atoms with Crippen molar-refractivity contribution in [3.63, 3.8) is 0 Å². The van der Waals surface area contributed by atoms with Gasteiger partial charge in [0.05, 0.1) is 11.1 Å². The van der Waals surface area contributed by atoms with Crippen LogP contribution in [0.25, 0.3) is 21.3 Å². The molecule has 2 aromatic heterocycles. The predicted molar refractivity (Wildman–Crippen MR) is 111 cm³/mol. The van der Waals surface area contributed by atoms with Crippen molar-refractivity contribution in [1.82, 2.24) is 14.5 Å². The predicted octanol–water partition coefficient (Wildman–Crippen LogP) is 3.77. The third kappa shape index (κ3) is 3.66. The Kier molecular flexibility index (Phi) is 5.31. The molecule has 1 amide bonds. The molecule has 1 aromatic carbocycles. The van der Waals surface area contributed by atoms with Gasteiger partial charge in [-0.2, -0.15) is 0 Å². The largest absolute Gasteiger partial charge is 0.342 e. The highest BCUT2D eigenvalue weighted by Gasteiger charge is 2.19. The molecule has 0 atom stereocenters. The Hall–Kier alpha value is -2.12. The first-order valence-electron chi connectivity index (χ1n) is 9.09. The normalized spacial score (nSPS) is 14.6. The van der Waals surface area contributed by atoms with Gasteiger partial charge in [-0.25, -0.2) is 4.98 Å². The fourth-order valence-corrected chi connectivity index (χ4v) is 5.24. The molecule has 0 unspecified atom stereocenters. The summed E-state index contributed by atoms with van der Waals surface area (Å²) in [7, 11) is 1.73. The lowest BCUT2D eigenvalue weighted by atomic mass is 10.1. The summed E-state index contributed by atoms with van der Waals surface area (Å²) in [5, 5.41) is 3.24. The topological polar surface area (TPSA) is 55.2 Å². The summed E-state index contributed by atoms with van der Waals surface area (Å²) in [6.45, 7) is 1.69. The second-order valence-corrected chi connectivity index (χ2v) is 8.48. The molecule has 140 valence electrons. The quantitative estimate of drug-likeness (QED) is 0.495. The number of aromatic nitrogens is 2. The van der Waals surface area contributed by atoms with Crippen molar-refractivity contribution in [2.24, 2.45) is 7.05 Å². The van der Waals surface area contributed by atoms with Gasteiger partial charge in [0.1, 0.15) is 4.83 Å². The van der Waals surface area contributed by atoms with Gasteiger partial charge >= 0.3 is 0 Å². The molecule has 0 saturated carbocycles. The van der Waals surface area contributed by atoms with Crippen molar-refractivity contribution in [3.05, 3.63) is 46.1 Å². The van der Waals surface area contributed by atoms with E-state index in [9.17, 15) is 9.59 Å². The van der Waals surface area contributed by atoms with Crippen molar-refractivity contribution in [1.29, 1.82) is 0 Å². The van der Waals surface area contributed by atoms with Crippen LogP contribution in [0.2, 0.25) is 0 Å². The molecule has 3 aromatic rings. The second-order valence-electron chi connectivity index (χ2n) is 6.68. The Morgan fingerprint density at radius 1 is 1.19 bits per heavy atom. The van der Waals surface area contributed by atoms with Gasteiger partial charge in [0, 0.05) is 31.1 Å². The highest BCUT2D eigenvalue weighted by molar-refractivity contribution is 7.99. The molecule has 0 bridgehead atoms. The Morgan fingerprint density at radius 3 is 2.67 bits per heavy atom.